The zero-order chi connectivity index (χ0) is 19.3. The summed E-state index contributed by atoms with van der Waals surface area (Å²) in [5.41, 5.74) is 10.7. The fraction of sp³-hybridized carbons (Fsp3) is 0.136. The zero-order valence-electron chi connectivity index (χ0n) is 15.5. The number of anilines is 1. The van der Waals surface area contributed by atoms with Gasteiger partial charge in [-0.2, -0.15) is 0 Å². The Morgan fingerprint density at radius 2 is 1.82 bits per heavy atom. The predicted octanol–water partition coefficient (Wildman–Crippen LogP) is 4.19. The Balaban J connectivity index is 1.40. The summed E-state index contributed by atoms with van der Waals surface area (Å²) in [6, 6.07) is 19.5. The number of hydrogen-bond acceptors (Lipinski definition) is 6. The van der Waals surface area contributed by atoms with Crippen LogP contribution in [0.5, 0.6) is 5.88 Å². The molecule has 0 aliphatic rings. The molecule has 3 heterocycles. The van der Waals surface area contributed by atoms with Gasteiger partial charge in [0.25, 0.3) is 0 Å². The number of rotatable bonds is 6. The zero-order valence-corrected chi connectivity index (χ0v) is 15.5. The molecule has 0 saturated heterocycles. The molecule has 0 fully saturated rings. The van der Waals surface area contributed by atoms with Crippen LogP contribution in [-0.4, -0.2) is 15.1 Å². The molecule has 28 heavy (non-hydrogen) atoms. The highest BCUT2D eigenvalue weighted by molar-refractivity contribution is 5.69. The number of nitrogen functional groups attached to an aromatic ring is 1. The summed E-state index contributed by atoms with van der Waals surface area (Å²) in [6.07, 6.45) is 2.38. The monoisotopic (exact) mass is 372 g/mol. The third kappa shape index (κ3) is 4.17. The van der Waals surface area contributed by atoms with Crippen molar-refractivity contribution in [2.24, 2.45) is 0 Å². The maximum atomic E-state index is 5.99. The van der Waals surface area contributed by atoms with E-state index in [1.54, 1.807) is 6.20 Å². The first-order valence-electron chi connectivity index (χ1n) is 8.98. The lowest BCUT2D eigenvalue weighted by Gasteiger charge is -2.05. The second kappa shape index (κ2) is 7.92. The van der Waals surface area contributed by atoms with Gasteiger partial charge in [0.15, 0.2) is 5.76 Å². The van der Waals surface area contributed by atoms with Crippen LogP contribution in [0.15, 0.2) is 71.4 Å². The molecular weight excluding hydrogens is 352 g/mol. The van der Waals surface area contributed by atoms with Crippen molar-refractivity contribution in [2.75, 3.05) is 5.73 Å². The summed E-state index contributed by atoms with van der Waals surface area (Å²) >= 11 is 0. The van der Waals surface area contributed by atoms with Gasteiger partial charge in [-0.3, -0.25) is 0 Å². The average Bonchev–Trinajstić information content (AvgIpc) is 3.16. The van der Waals surface area contributed by atoms with Crippen LogP contribution in [-0.2, 0) is 13.0 Å². The highest BCUT2D eigenvalue weighted by Crippen LogP contribution is 2.26. The minimum Gasteiger partial charge on any atom is -0.473 e. The van der Waals surface area contributed by atoms with Gasteiger partial charge in [-0.1, -0.05) is 35.5 Å². The molecule has 3 aromatic heterocycles. The lowest BCUT2D eigenvalue weighted by Crippen LogP contribution is -1.97. The molecule has 0 unspecified atom stereocenters. The largest absolute Gasteiger partial charge is 0.473 e. The van der Waals surface area contributed by atoms with Gasteiger partial charge in [-0.15, -0.1) is 0 Å². The van der Waals surface area contributed by atoms with Crippen molar-refractivity contribution in [1.82, 2.24) is 15.1 Å². The Labute approximate surface area is 163 Å². The van der Waals surface area contributed by atoms with Gasteiger partial charge in [0.1, 0.15) is 12.4 Å². The van der Waals surface area contributed by atoms with Gasteiger partial charge < -0.3 is 15.0 Å². The molecule has 0 radical (unpaired) electrons. The number of nitrogens with zero attached hydrogens (tertiary/aromatic N) is 3. The van der Waals surface area contributed by atoms with Gasteiger partial charge in [0.05, 0.1) is 11.3 Å². The summed E-state index contributed by atoms with van der Waals surface area (Å²) in [7, 11) is 0. The fourth-order valence-electron chi connectivity index (χ4n) is 2.86. The Kier molecular flexibility index (Phi) is 5.01. The standard InChI is InChI=1S/C22H20N4O2/c1-15-5-10-19(22(23)25-15)20-13-18(26-28-20)12-16-6-8-17(9-7-16)14-27-21-4-2-3-11-24-21/h2-11,13H,12,14H2,1H3,(H2,23,25). The molecule has 4 rings (SSSR count). The number of aromatic nitrogens is 3. The Morgan fingerprint density at radius 1 is 1.00 bits per heavy atom. The van der Waals surface area contributed by atoms with Crippen molar-refractivity contribution >= 4 is 5.82 Å². The third-order valence-corrected chi connectivity index (χ3v) is 4.32. The normalized spacial score (nSPS) is 10.8. The number of pyridine rings is 2. The van der Waals surface area contributed by atoms with E-state index in [2.05, 4.69) is 27.3 Å². The molecule has 140 valence electrons. The lowest BCUT2D eigenvalue weighted by molar-refractivity contribution is 0.294. The molecular formula is C22H20N4O2. The molecule has 0 bridgehead atoms. The van der Waals surface area contributed by atoms with E-state index in [1.165, 1.54) is 0 Å². The Hall–Kier alpha value is -3.67. The Morgan fingerprint density at radius 3 is 2.57 bits per heavy atom. The number of hydrogen-bond donors (Lipinski definition) is 1. The molecule has 0 saturated carbocycles. The van der Waals surface area contributed by atoms with Crippen LogP contribution in [0.3, 0.4) is 0 Å². The van der Waals surface area contributed by atoms with Gasteiger partial charge >= 0.3 is 0 Å². The van der Waals surface area contributed by atoms with E-state index in [-0.39, 0.29) is 0 Å². The predicted molar refractivity (Wildman–Crippen MR) is 107 cm³/mol. The van der Waals surface area contributed by atoms with Gasteiger partial charge in [-0.05, 0) is 36.2 Å². The van der Waals surface area contributed by atoms with Gasteiger partial charge in [0.2, 0.25) is 5.88 Å². The number of ether oxygens (including phenoxy) is 1. The smallest absolute Gasteiger partial charge is 0.213 e. The fourth-order valence-corrected chi connectivity index (χ4v) is 2.86. The van der Waals surface area contributed by atoms with Crippen LogP contribution in [0.4, 0.5) is 5.82 Å². The van der Waals surface area contributed by atoms with E-state index in [1.807, 2.05) is 55.5 Å². The summed E-state index contributed by atoms with van der Waals surface area (Å²) in [4.78, 5) is 8.42. The van der Waals surface area contributed by atoms with E-state index in [9.17, 15) is 0 Å². The van der Waals surface area contributed by atoms with Crippen molar-refractivity contribution in [2.45, 2.75) is 20.0 Å². The van der Waals surface area contributed by atoms with Crippen LogP contribution in [0.2, 0.25) is 0 Å². The van der Waals surface area contributed by atoms with Crippen LogP contribution in [0.1, 0.15) is 22.5 Å². The minimum atomic E-state index is 0.444. The minimum absolute atomic E-state index is 0.444. The van der Waals surface area contributed by atoms with Gasteiger partial charge in [0, 0.05) is 30.4 Å². The second-order valence-corrected chi connectivity index (χ2v) is 6.52. The Bertz CT molecular complexity index is 1060. The maximum Gasteiger partial charge on any atom is 0.213 e. The van der Waals surface area contributed by atoms with Crippen molar-refractivity contribution in [3.8, 4) is 17.2 Å². The first-order valence-corrected chi connectivity index (χ1v) is 8.98. The van der Waals surface area contributed by atoms with Crippen molar-refractivity contribution < 1.29 is 9.26 Å². The van der Waals surface area contributed by atoms with E-state index in [0.29, 0.717) is 30.5 Å². The highest BCUT2D eigenvalue weighted by Gasteiger charge is 2.11. The molecule has 0 atom stereocenters. The van der Waals surface area contributed by atoms with E-state index in [4.69, 9.17) is 15.0 Å². The van der Waals surface area contributed by atoms with Crippen LogP contribution >= 0.6 is 0 Å². The van der Waals surface area contributed by atoms with Crippen molar-refractivity contribution in [3.05, 3.63) is 89.4 Å². The molecule has 0 spiro atoms. The summed E-state index contributed by atoms with van der Waals surface area (Å²) in [5, 5.41) is 4.16. The van der Waals surface area contributed by atoms with Crippen LogP contribution in [0.25, 0.3) is 11.3 Å². The maximum absolute atomic E-state index is 5.99. The van der Waals surface area contributed by atoms with Crippen molar-refractivity contribution in [1.29, 1.82) is 0 Å². The highest BCUT2D eigenvalue weighted by atomic mass is 16.5. The molecule has 6 heteroatoms. The molecule has 0 amide bonds. The number of benzene rings is 1. The van der Waals surface area contributed by atoms with E-state index < -0.39 is 0 Å². The second-order valence-electron chi connectivity index (χ2n) is 6.52. The number of aryl methyl sites for hydroxylation is 1. The van der Waals surface area contributed by atoms with E-state index in [0.717, 1.165) is 28.1 Å². The molecule has 2 N–H and O–H groups in total. The average molecular weight is 372 g/mol. The quantitative estimate of drug-likeness (QED) is 0.546. The first kappa shape index (κ1) is 17.7. The van der Waals surface area contributed by atoms with Crippen LogP contribution in [0, 0.1) is 6.92 Å². The summed E-state index contributed by atoms with van der Waals surface area (Å²) in [5.74, 6) is 1.69. The summed E-state index contributed by atoms with van der Waals surface area (Å²) < 4.78 is 11.1. The molecule has 4 aromatic rings. The molecule has 0 aliphatic carbocycles. The van der Waals surface area contributed by atoms with Gasteiger partial charge in [-0.25, -0.2) is 9.97 Å². The van der Waals surface area contributed by atoms with Crippen molar-refractivity contribution in [3.63, 3.8) is 0 Å². The third-order valence-electron chi connectivity index (χ3n) is 4.32. The summed E-state index contributed by atoms with van der Waals surface area (Å²) in [6.45, 7) is 2.38. The topological polar surface area (TPSA) is 87.1 Å². The SMILES string of the molecule is Cc1ccc(-c2cc(Cc3ccc(COc4ccccn4)cc3)no2)c(N)n1. The molecule has 1 aromatic carbocycles. The van der Waals surface area contributed by atoms with E-state index >= 15 is 0 Å². The number of nitrogens with two attached hydrogens (primary N) is 1. The molecule has 0 aliphatic heterocycles. The first-order chi connectivity index (χ1) is 13.7. The molecule has 6 nitrogen and oxygen atoms in total. The van der Waals surface area contributed by atoms with Crippen LogP contribution < -0.4 is 10.5 Å². The lowest BCUT2D eigenvalue weighted by atomic mass is 10.1.